The van der Waals surface area contributed by atoms with Crippen molar-refractivity contribution in [3.63, 3.8) is 0 Å². The zero-order chi connectivity index (χ0) is 17.9. The van der Waals surface area contributed by atoms with Crippen molar-refractivity contribution in [3.05, 3.63) is 41.5 Å². The van der Waals surface area contributed by atoms with Crippen LogP contribution in [0, 0.1) is 5.82 Å². The molecule has 0 fully saturated rings. The highest BCUT2D eigenvalue weighted by Crippen LogP contribution is 2.27. The third-order valence-corrected chi connectivity index (χ3v) is 3.96. The van der Waals surface area contributed by atoms with Crippen LogP contribution in [-0.4, -0.2) is 28.8 Å². The molecule has 6 heteroatoms. The lowest BCUT2D eigenvalue weighted by Gasteiger charge is -2.27. The van der Waals surface area contributed by atoms with Gasteiger partial charge in [0, 0.05) is 24.3 Å². The molecule has 0 aliphatic carbocycles. The number of methoxy groups -OCH3 is 1. The molecule has 0 radical (unpaired) electrons. The van der Waals surface area contributed by atoms with E-state index in [1.54, 1.807) is 17.2 Å². The molecule has 0 spiro atoms. The second kappa shape index (κ2) is 7.47. The van der Waals surface area contributed by atoms with Crippen molar-refractivity contribution >= 4 is 11.6 Å². The van der Waals surface area contributed by atoms with Gasteiger partial charge in [-0.05, 0) is 39.3 Å². The Morgan fingerprint density at radius 3 is 2.58 bits per heavy atom. The van der Waals surface area contributed by atoms with Crippen LogP contribution in [0.3, 0.4) is 0 Å². The van der Waals surface area contributed by atoms with Crippen LogP contribution < -0.4 is 9.64 Å². The van der Waals surface area contributed by atoms with Gasteiger partial charge in [0.25, 0.3) is 5.91 Å². The molecule has 0 saturated heterocycles. The molecule has 0 bridgehead atoms. The van der Waals surface area contributed by atoms with Crippen molar-refractivity contribution < 1.29 is 13.9 Å². The highest BCUT2D eigenvalue weighted by Gasteiger charge is 2.25. The molecule has 1 aromatic heterocycles. The minimum absolute atomic E-state index is 0.125. The maximum absolute atomic E-state index is 14.1. The normalized spacial score (nSPS) is 11.0. The standard InChI is InChI=1S/C18H24FN3O2/c1-6-16-14(11-20-21(16)7-2)18(23)22(12(3)4)13-8-9-17(24-5)15(19)10-13/h8-12H,6-7H2,1-5H3. The molecule has 24 heavy (non-hydrogen) atoms. The number of benzene rings is 1. The molecule has 0 N–H and O–H groups in total. The number of amides is 1. The van der Waals surface area contributed by atoms with Crippen molar-refractivity contribution in [2.24, 2.45) is 0 Å². The molecule has 0 atom stereocenters. The van der Waals surface area contributed by atoms with E-state index in [-0.39, 0.29) is 17.7 Å². The van der Waals surface area contributed by atoms with Gasteiger partial charge in [0.2, 0.25) is 0 Å². The summed E-state index contributed by atoms with van der Waals surface area (Å²) in [5.41, 5.74) is 1.95. The Morgan fingerprint density at radius 1 is 1.38 bits per heavy atom. The lowest BCUT2D eigenvalue weighted by Crippen LogP contribution is -2.37. The van der Waals surface area contributed by atoms with Crippen molar-refractivity contribution in [1.82, 2.24) is 9.78 Å². The SMILES string of the molecule is CCc1c(C(=O)N(c2ccc(OC)c(F)c2)C(C)C)cnn1CC. The van der Waals surface area contributed by atoms with Gasteiger partial charge in [-0.3, -0.25) is 9.48 Å². The van der Waals surface area contributed by atoms with Gasteiger partial charge in [0.15, 0.2) is 11.6 Å². The van der Waals surface area contributed by atoms with Crippen molar-refractivity contribution in [1.29, 1.82) is 0 Å². The van der Waals surface area contributed by atoms with E-state index < -0.39 is 5.82 Å². The second-order valence-corrected chi connectivity index (χ2v) is 5.76. The number of hydrogen-bond donors (Lipinski definition) is 0. The molecular formula is C18H24FN3O2. The average molecular weight is 333 g/mol. The predicted molar refractivity (Wildman–Crippen MR) is 92.2 cm³/mol. The number of carbonyl (C=O) groups excluding carboxylic acids is 1. The monoisotopic (exact) mass is 333 g/mol. The number of ether oxygens (including phenoxy) is 1. The first-order chi connectivity index (χ1) is 11.4. The first-order valence-electron chi connectivity index (χ1n) is 8.16. The Labute approximate surface area is 142 Å². The highest BCUT2D eigenvalue weighted by molar-refractivity contribution is 6.07. The van der Waals surface area contributed by atoms with E-state index in [4.69, 9.17) is 4.74 Å². The molecule has 1 amide bonds. The van der Waals surface area contributed by atoms with Crippen LogP contribution in [0.25, 0.3) is 0 Å². The fraction of sp³-hybridized carbons (Fsp3) is 0.444. The van der Waals surface area contributed by atoms with Crippen molar-refractivity contribution in [2.75, 3.05) is 12.0 Å². The van der Waals surface area contributed by atoms with Crippen LogP contribution in [0.5, 0.6) is 5.75 Å². The summed E-state index contributed by atoms with van der Waals surface area (Å²) in [6.45, 7) is 8.48. The number of carbonyl (C=O) groups is 1. The summed E-state index contributed by atoms with van der Waals surface area (Å²) in [6.07, 6.45) is 2.30. The van der Waals surface area contributed by atoms with Crippen LogP contribution in [0.4, 0.5) is 10.1 Å². The van der Waals surface area contributed by atoms with E-state index in [1.807, 2.05) is 32.4 Å². The van der Waals surface area contributed by atoms with Gasteiger partial charge in [0.05, 0.1) is 24.6 Å². The van der Waals surface area contributed by atoms with E-state index in [0.717, 1.165) is 5.69 Å². The number of aryl methyl sites for hydroxylation is 1. The molecule has 0 aliphatic heterocycles. The second-order valence-electron chi connectivity index (χ2n) is 5.76. The molecule has 2 aromatic rings. The summed E-state index contributed by atoms with van der Waals surface area (Å²) in [5, 5.41) is 4.28. The minimum Gasteiger partial charge on any atom is -0.494 e. The molecule has 0 unspecified atom stereocenters. The van der Waals surface area contributed by atoms with Gasteiger partial charge in [0.1, 0.15) is 0 Å². The van der Waals surface area contributed by atoms with Crippen LogP contribution in [-0.2, 0) is 13.0 Å². The molecule has 1 aromatic carbocycles. The van der Waals surface area contributed by atoms with Crippen LogP contribution in [0.1, 0.15) is 43.7 Å². The number of hydrogen-bond acceptors (Lipinski definition) is 3. The lowest BCUT2D eigenvalue weighted by molar-refractivity contribution is 0.0979. The first-order valence-corrected chi connectivity index (χ1v) is 8.16. The molecule has 5 nitrogen and oxygen atoms in total. The van der Waals surface area contributed by atoms with E-state index >= 15 is 0 Å². The van der Waals surface area contributed by atoms with E-state index in [2.05, 4.69) is 5.10 Å². The number of rotatable bonds is 6. The molecular weight excluding hydrogens is 309 g/mol. The van der Waals surface area contributed by atoms with E-state index in [0.29, 0.717) is 24.2 Å². The summed E-state index contributed by atoms with van der Waals surface area (Å²) in [5.74, 6) is -0.512. The molecule has 1 heterocycles. The number of halogens is 1. The van der Waals surface area contributed by atoms with Crippen LogP contribution >= 0.6 is 0 Å². The maximum Gasteiger partial charge on any atom is 0.261 e. The Hall–Kier alpha value is -2.37. The first kappa shape index (κ1) is 18.0. The highest BCUT2D eigenvalue weighted by atomic mass is 19.1. The topological polar surface area (TPSA) is 47.4 Å². The third-order valence-electron chi connectivity index (χ3n) is 3.96. The zero-order valence-electron chi connectivity index (χ0n) is 14.8. The van der Waals surface area contributed by atoms with Gasteiger partial charge in [-0.2, -0.15) is 5.10 Å². The van der Waals surface area contributed by atoms with Gasteiger partial charge in [-0.1, -0.05) is 6.92 Å². The fourth-order valence-electron chi connectivity index (χ4n) is 2.82. The van der Waals surface area contributed by atoms with Gasteiger partial charge < -0.3 is 9.64 Å². The maximum atomic E-state index is 14.1. The number of anilines is 1. The quantitative estimate of drug-likeness (QED) is 0.810. The smallest absolute Gasteiger partial charge is 0.261 e. The summed E-state index contributed by atoms with van der Waals surface area (Å²) >= 11 is 0. The van der Waals surface area contributed by atoms with Crippen molar-refractivity contribution in [2.45, 2.75) is 46.7 Å². The molecule has 0 aliphatic rings. The molecule has 130 valence electrons. The number of aromatic nitrogens is 2. The summed E-state index contributed by atoms with van der Waals surface area (Å²) in [6, 6.07) is 4.42. The Bertz CT molecular complexity index is 725. The largest absolute Gasteiger partial charge is 0.494 e. The molecule has 2 rings (SSSR count). The molecule has 0 saturated carbocycles. The minimum atomic E-state index is -0.492. The van der Waals surface area contributed by atoms with Crippen LogP contribution in [0.2, 0.25) is 0 Å². The van der Waals surface area contributed by atoms with Gasteiger partial charge in [-0.25, -0.2) is 4.39 Å². The Balaban J connectivity index is 2.46. The van der Waals surface area contributed by atoms with Crippen molar-refractivity contribution in [3.8, 4) is 5.75 Å². The average Bonchev–Trinajstić information content (AvgIpc) is 2.97. The Morgan fingerprint density at radius 2 is 2.08 bits per heavy atom. The van der Waals surface area contributed by atoms with E-state index in [1.165, 1.54) is 19.2 Å². The zero-order valence-corrected chi connectivity index (χ0v) is 14.8. The van der Waals surface area contributed by atoms with Gasteiger partial charge >= 0.3 is 0 Å². The Kier molecular flexibility index (Phi) is 5.59. The summed E-state index contributed by atoms with van der Waals surface area (Å²) < 4.78 is 20.8. The van der Waals surface area contributed by atoms with Crippen LogP contribution in [0.15, 0.2) is 24.4 Å². The summed E-state index contributed by atoms with van der Waals surface area (Å²) in [4.78, 5) is 14.7. The lowest BCUT2D eigenvalue weighted by atomic mass is 10.1. The number of nitrogens with zero attached hydrogens (tertiary/aromatic N) is 3. The fourth-order valence-corrected chi connectivity index (χ4v) is 2.82. The predicted octanol–water partition coefficient (Wildman–Crippen LogP) is 3.67. The summed E-state index contributed by atoms with van der Waals surface area (Å²) in [7, 11) is 1.41. The van der Waals surface area contributed by atoms with E-state index in [9.17, 15) is 9.18 Å². The third kappa shape index (κ3) is 3.27. The van der Waals surface area contributed by atoms with Gasteiger partial charge in [-0.15, -0.1) is 0 Å².